The molecule has 0 amide bonds. The van der Waals surface area contributed by atoms with Gasteiger partial charge in [0.1, 0.15) is 0 Å². The van der Waals surface area contributed by atoms with E-state index in [1.165, 1.54) is 25.7 Å². The molecule has 1 aromatic rings. The molecule has 0 radical (unpaired) electrons. The molecule has 1 aliphatic carbocycles. The van der Waals surface area contributed by atoms with Crippen molar-refractivity contribution in [3.8, 4) is 0 Å². The van der Waals surface area contributed by atoms with Crippen molar-refractivity contribution in [2.45, 2.75) is 45.2 Å². The second-order valence-electron chi connectivity index (χ2n) is 4.58. The molecular formula is C13H19ClN2. The first-order valence-corrected chi connectivity index (χ1v) is 6.51. The number of hydrogen-bond donors (Lipinski definition) is 1. The van der Waals surface area contributed by atoms with Gasteiger partial charge in [-0.15, -0.1) is 0 Å². The lowest BCUT2D eigenvalue weighted by molar-refractivity contribution is 0.427. The maximum atomic E-state index is 5.80. The number of hydrogen-bond acceptors (Lipinski definition) is 2. The summed E-state index contributed by atoms with van der Waals surface area (Å²) in [5.41, 5.74) is 1.08. The fraction of sp³-hybridized carbons (Fsp3) is 0.615. The van der Waals surface area contributed by atoms with Crippen LogP contribution in [0.5, 0.6) is 0 Å². The number of aromatic nitrogens is 1. The molecule has 1 N–H and O–H groups in total. The lowest BCUT2D eigenvalue weighted by atomic mass is 10.1. The van der Waals surface area contributed by atoms with Crippen molar-refractivity contribution in [1.29, 1.82) is 0 Å². The first-order chi connectivity index (χ1) is 7.79. The van der Waals surface area contributed by atoms with E-state index >= 15 is 0 Å². The third-order valence-electron chi connectivity index (χ3n) is 3.12. The summed E-state index contributed by atoms with van der Waals surface area (Å²) in [5.74, 6) is 0.909. The molecule has 1 saturated carbocycles. The average molecular weight is 239 g/mol. The summed E-state index contributed by atoms with van der Waals surface area (Å²) in [7, 11) is 0. The summed E-state index contributed by atoms with van der Waals surface area (Å²) >= 11 is 5.80. The Morgan fingerprint density at radius 1 is 1.50 bits per heavy atom. The van der Waals surface area contributed by atoms with Crippen molar-refractivity contribution in [3.05, 3.63) is 29.0 Å². The van der Waals surface area contributed by atoms with Crippen molar-refractivity contribution in [3.63, 3.8) is 0 Å². The van der Waals surface area contributed by atoms with Crippen LogP contribution in [-0.2, 0) is 6.54 Å². The van der Waals surface area contributed by atoms with Crippen LogP contribution >= 0.6 is 11.6 Å². The first kappa shape index (κ1) is 11.9. The van der Waals surface area contributed by atoms with Gasteiger partial charge in [0.05, 0.1) is 10.7 Å². The van der Waals surface area contributed by atoms with E-state index in [0.29, 0.717) is 11.1 Å². The van der Waals surface area contributed by atoms with Crippen LogP contribution in [0.15, 0.2) is 18.3 Å². The molecule has 2 rings (SSSR count). The van der Waals surface area contributed by atoms with Gasteiger partial charge in [0.15, 0.2) is 0 Å². The molecule has 3 heteroatoms. The molecule has 1 atom stereocenters. The lowest BCUT2D eigenvalue weighted by Crippen LogP contribution is -2.30. The van der Waals surface area contributed by atoms with Crippen molar-refractivity contribution in [1.82, 2.24) is 10.3 Å². The molecule has 88 valence electrons. The lowest BCUT2D eigenvalue weighted by Gasteiger charge is -2.17. The molecule has 1 heterocycles. The first-order valence-electron chi connectivity index (χ1n) is 6.13. The highest BCUT2D eigenvalue weighted by Gasteiger charge is 2.29. The second-order valence-corrected chi connectivity index (χ2v) is 5.02. The molecule has 0 saturated heterocycles. The van der Waals surface area contributed by atoms with Gasteiger partial charge >= 0.3 is 0 Å². The third-order valence-corrected chi connectivity index (χ3v) is 3.35. The zero-order valence-electron chi connectivity index (χ0n) is 9.75. The highest BCUT2D eigenvalue weighted by molar-refractivity contribution is 6.30. The minimum Gasteiger partial charge on any atom is -0.308 e. The van der Waals surface area contributed by atoms with Crippen LogP contribution in [0.25, 0.3) is 0 Å². The molecule has 2 nitrogen and oxygen atoms in total. The second kappa shape index (κ2) is 5.65. The van der Waals surface area contributed by atoms with Gasteiger partial charge in [0.2, 0.25) is 0 Å². The Balaban J connectivity index is 1.82. The smallest absolute Gasteiger partial charge is 0.0589 e. The molecule has 0 aromatic carbocycles. The Bertz CT molecular complexity index is 319. The summed E-state index contributed by atoms with van der Waals surface area (Å²) in [6.07, 6.45) is 7.03. The Hall–Kier alpha value is -0.600. The number of pyridine rings is 1. The van der Waals surface area contributed by atoms with Gasteiger partial charge < -0.3 is 5.32 Å². The van der Waals surface area contributed by atoms with Gasteiger partial charge in [0.25, 0.3) is 0 Å². The van der Waals surface area contributed by atoms with Crippen LogP contribution in [0.4, 0.5) is 0 Å². The zero-order valence-corrected chi connectivity index (χ0v) is 10.5. The molecule has 1 aromatic heterocycles. The van der Waals surface area contributed by atoms with Crippen molar-refractivity contribution in [2.24, 2.45) is 5.92 Å². The van der Waals surface area contributed by atoms with Gasteiger partial charge in [-0.1, -0.05) is 24.9 Å². The summed E-state index contributed by atoms with van der Waals surface area (Å²) in [6.45, 7) is 3.11. The molecular weight excluding hydrogens is 220 g/mol. The summed E-state index contributed by atoms with van der Waals surface area (Å²) in [6, 6.07) is 4.57. The molecule has 1 aliphatic rings. The number of nitrogens with one attached hydrogen (secondary N) is 1. The van der Waals surface area contributed by atoms with Crippen molar-refractivity contribution < 1.29 is 0 Å². The van der Waals surface area contributed by atoms with E-state index in [-0.39, 0.29) is 0 Å². The molecule has 0 aliphatic heterocycles. The van der Waals surface area contributed by atoms with Crippen LogP contribution in [-0.4, -0.2) is 11.0 Å². The molecule has 1 unspecified atom stereocenters. The minimum atomic E-state index is 0.683. The monoisotopic (exact) mass is 238 g/mol. The van der Waals surface area contributed by atoms with E-state index in [9.17, 15) is 0 Å². The molecule has 1 fully saturated rings. The van der Waals surface area contributed by atoms with E-state index in [1.54, 1.807) is 6.20 Å². The fourth-order valence-corrected chi connectivity index (χ4v) is 2.17. The van der Waals surface area contributed by atoms with Gasteiger partial charge in [-0.25, -0.2) is 0 Å². The third kappa shape index (κ3) is 3.46. The van der Waals surface area contributed by atoms with Gasteiger partial charge in [0, 0.05) is 18.8 Å². The summed E-state index contributed by atoms with van der Waals surface area (Å²) < 4.78 is 0. The van der Waals surface area contributed by atoms with Crippen molar-refractivity contribution >= 4 is 11.6 Å². The summed E-state index contributed by atoms with van der Waals surface area (Å²) in [5, 5.41) is 4.32. The van der Waals surface area contributed by atoms with Crippen LogP contribution in [0.1, 0.15) is 38.3 Å². The highest BCUT2D eigenvalue weighted by atomic mass is 35.5. The number of nitrogens with zero attached hydrogens (tertiary/aromatic N) is 1. The number of rotatable bonds is 6. The van der Waals surface area contributed by atoms with E-state index in [4.69, 9.17) is 11.6 Å². The van der Waals surface area contributed by atoms with Gasteiger partial charge in [-0.3, -0.25) is 4.98 Å². The van der Waals surface area contributed by atoms with E-state index in [2.05, 4.69) is 17.2 Å². The summed E-state index contributed by atoms with van der Waals surface area (Å²) in [4.78, 5) is 4.30. The van der Waals surface area contributed by atoms with Crippen LogP contribution in [0.2, 0.25) is 5.02 Å². The Morgan fingerprint density at radius 2 is 2.31 bits per heavy atom. The standard InChI is InChI=1S/C13H19ClN2/c1-2-3-13(10-4-5-10)16-9-12-7-6-11(14)8-15-12/h6-8,10,13,16H,2-5,9H2,1H3. The minimum absolute atomic E-state index is 0.683. The topological polar surface area (TPSA) is 24.9 Å². The largest absolute Gasteiger partial charge is 0.308 e. The van der Waals surface area contributed by atoms with E-state index in [1.807, 2.05) is 12.1 Å². The predicted molar refractivity (Wildman–Crippen MR) is 67.5 cm³/mol. The van der Waals surface area contributed by atoms with Crippen LogP contribution in [0.3, 0.4) is 0 Å². The average Bonchev–Trinajstić information content (AvgIpc) is 3.10. The molecule has 16 heavy (non-hydrogen) atoms. The van der Waals surface area contributed by atoms with E-state index < -0.39 is 0 Å². The van der Waals surface area contributed by atoms with Gasteiger partial charge in [-0.2, -0.15) is 0 Å². The fourth-order valence-electron chi connectivity index (χ4n) is 2.06. The normalized spacial score (nSPS) is 17.4. The van der Waals surface area contributed by atoms with Crippen molar-refractivity contribution in [2.75, 3.05) is 0 Å². The maximum Gasteiger partial charge on any atom is 0.0589 e. The van der Waals surface area contributed by atoms with Gasteiger partial charge in [-0.05, 0) is 37.3 Å². The Morgan fingerprint density at radius 3 is 2.88 bits per heavy atom. The van der Waals surface area contributed by atoms with E-state index in [0.717, 1.165) is 18.2 Å². The molecule has 0 bridgehead atoms. The predicted octanol–water partition coefficient (Wildman–Crippen LogP) is 3.40. The molecule has 0 spiro atoms. The van der Waals surface area contributed by atoms with Crippen LogP contribution in [0, 0.1) is 5.92 Å². The van der Waals surface area contributed by atoms with Crippen LogP contribution < -0.4 is 5.32 Å². The Labute approximate surface area is 102 Å². The Kier molecular flexibility index (Phi) is 4.19. The zero-order chi connectivity index (χ0) is 11.4. The number of halogens is 1. The maximum absolute atomic E-state index is 5.80. The highest BCUT2D eigenvalue weighted by Crippen LogP contribution is 2.34. The quantitative estimate of drug-likeness (QED) is 0.822. The SMILES string of the molecule is CCCC(NCc1ccc(Cl)cn1)C1CC1.